The van der Waals surface area contributed by atoms with Crippen LogP contribution in [0.2, 0.25) is 5.02 Å². The van der Waals surface area contributed by atoms with E-state index in [0.717, 1.165) is 23.6 Å². The number of benzene rings is 1. The van der Waals surface area contributed by atoms with E-state index in [-0.39, 0.29) is 12.1 Å². The Bertz CT molecular complexity index is 745. The molecular formula is C18H20ClN3O2. The number of hydrogen-bond donors (Lipinski definition) is 2. The van der Waals surface area contributed by atoms with Crippen LogP contribution in [0.25, 0.3) is 11.3 Å². The maximum absolute atomic E-state index is 7.56. The highest BCUT2D eigenvalue weighted by Gasteiger charge is 2.23. The lowest BCUT2D eigenvalue weighted by Crippen LogP contribution is -2.13. The topological polar surface area (TPSA) is 70.5 Å². The van der Waals surface area contributed by atoms with Gasteiger partial charge in [0.15, 0.2) is 0 Å². The van der Waals surface area contributed by atoms with Crippen LogP contribution in [0.15, 0.2) is 30.3 Å². The molecule has 0 amide bonds. The van der Waals surface area contributed by atoms with E-state index in [1.165, 1.54) is 6.21 Å². The van der Waals surface area contributed by atoms with Crippen molar-refractivity contribution in [2.75, 3.05) is 18.5 Å². The fourth-order valence-electron chi connectivity index (χ4n) is 2.29. The first-order chi connectivity index (χ1) is 11.6. The average Bonchev–Trinajstić information content (AvgIpc) is 3.37. The molecule has 0 saturated carbocycles. The Labute approximate surface area is 146 Å². The summed E-state index contributed by atoms with van der Waals surface area (Å²) in [5, 5.41) is 11.3. The number of nitrogens with one attached hydrogen (secondary N) is 2. The Balaban J connectivity index is 1.91. The van der Waals surface area contributed by atoms with Gasteiger partial charge in [0.05, 0.1) is 22.9 Å². The molecule has 0 bridgehead atoms. The summed E-state index contributed by atoms with van der Waals surface area (Å²) in [5.41, 5.74) is 2.24. The standard InChI is InChI=1S/C18H20ClN3O2/c1-11(2)21-18-15(8-20)16(19)7-17(22-18)12-4-3-5-13(6-12)23-9-14-10-24-14/h3-8,11,14,20H,9-10H2,1-2H3,(H,21,22). The summed E-state index contributed by atoms with van der Waals surface area (Å²) < 4.78 is 10.9. The van der Waals surface area contributed by atoms with Crippen LogP contribution in [0.4, 0.5) is 5.82 Å². The van der Waals surface area contributed by atoms with Crippen molar-refractivity contribution in [2.24, 2.45) is 0 Å². The minimum Gasteiger partial charge on any atom is -0.491 e. The highest BCUT2D eigenvalue weighted by atomic mass is 35.5. The van der Waals surface area contributed by atoms with Gasteiger partial charge in [0.25, 0.3) is 0 Å². The Kier molecular flexibility index (Phi) is 5.02. The summed E-state index contributed by atoms with van der Waals surface area (Å²) >= 11 is 6.34. The van der Waals surface area contributed by atoms with Crippen LogP contribution in [0.3, 0.4) is 0 Å². The van der Waals surface area contributed by atoms with E-state index in [2.05, 4.69) is 10.3 Å². The van der Waals surface area contributed by atoms with E-state index >= 15 is 0 Å². The van der Waals surface area contributed by atoms with E-state index in [4.69, 9.17) is 26.5 Å². The van der Waals surface area contributed by atoms with Crippen LogP contribution in [0.5, 0.6) is 5.75 Å². The Morgan fingerprint density at radius 3 is 2.92 bits per heavy atom. The maximum atomic E-state index is 7.56. The van der Waals surface area contributed by atoms with Crippen molar-refractivity contribution < 1.29 is 9.47 Å². The van der Waals surface area contributed by atoms with E-state index in [1.807, 2.05) is 38.1 Å². The Morgan fingerprint density at radius 1 is 1.46 bits per heavy atom. The van der Waals surface area contributed by atoms with Gasteiger partial charge in [-0.2, -0.15) is 0 Å². The van der Waals surface area contributed by atoms with Gasteiger partial charge >= 0.3 is 0 Å². The minimum atomic E-state index is 0.190. The number of aromatic nitrogens is 1. The van der Waals surface area contributed by atoms with Gasteiger partial charge in [-0.1, -0.05) is 23.7 Å². The largest absolute Gasteiger partial charge is 0.491 e. The van der Waals surface area contributed by atoms with Crippen molar-refractivity contribution >= 4 is 23.6 Å². The van der Waals surface area contributed by atoms with Crippen LogP contribution in [-0.2, 0) is 4.74 Å². The zero-order valence-corrected chi connectivity index (χ0v) is 14.4. The van der Waals surface area contributed by atoms with Gasteiger partial charge < -0.3 is 20.2 Å². The second-order valence-corrected chi connectivity index (χ2v) is 6.40. The Hall–Kier alpha value is -2.11. The molecule has 1 aromatic heterocycles. The predicted octanol–water partition coefficient (Wildman–Crippen LogP) is 4.00. The number of pyridine rings is 1. The predicted molar refractivity (Wildman–Crippen MR) is 96.6 cm³/mol. The maximum Gasteiger partial charge on any atom is 0.137 e. The minimum absolute atomic E-state index is 0.190. The monoisotopic (exact) mass is 345 g/mol. The van der Waals surface area contributed by atoms with Crippen LogP contribution >= 0.6 is 11.6 Å². The number of hydrogen-bond acceptors (Lipinski definition) is 5. The molecule has 0 aliphatic carbocycles. The smallest absolute Gasteiger partial charge is 0.137 e. The summed E-state index contributed by atoms with van der Waals surface area (Å²) in [6, 6.07) is 9.69. The molecule has 0 radical (unpaired) electrons. The Morgan fingerprint density at radius 2 is 2.25 bits per heavy atom. The third-order valence-electron chi connectivity index (χ3n) is 3.55. The zero-order valence-electron chi connectivity index (χ0n) is 13.7. The SMILES string of the molecule is CC(C)Nc1nc(-c2cccc(OCC3CO3)c2)cc(Cl)c1C=N. The molecule has 2 N–H and O–H groups in total. The molecule has 126 valence electrons. The van der Waals surface area contributed by atoms with Crippen molar-refractivity contribution in [3.05, 3.63) is 40.9 Å². The lowest BCUT2D eigenvalue weighted by molar-refractivity contribution is 0.263. The van der Waals surface area contributed by atoms with Crippen molar-refractivity contribution in [1.82, 2.24) is 4.98 Å². The van der Waals surface area contributed by atoms with Crippen molar-refractivity contribution in [3.63, 3.8) is 0 Å². The van der Waals surface area contributed by atoms with Gasteiger partial charge in [-0.25, -0.2) is 4.98 Å². The van der Waals surface area contributed by atoms with E-state index in [9.17, 15) is 0 Å². The van der Waals surface area contributed by atoms with E-state index in [0.29, 0.717) is 23.0 Å². The van der Waals surface area contributed by atoms with Crippen LogP contribution in [-0.4, -0.2) is 36.6 Å². The molecule has 1 aromatic carbocycles. The molecule has 3 rings (SSSR count). The molecule has 1 aliphatic rings. The van der Waals surface area contributed by atoms with Crippen molar-refractivity contribution in [1.29, 1.82) is 5.41 Å². The van der Waals surface area contributed by atoms with Crippen LogP contribution < -0.4 is 10.1 Å². The molecule has 1 unspecified atom stereocenters. The van der Waals surface area contributed by atoms with Gasteiger partial charge in [0.1, 0.15) is 24.3 Å². The highest BCUT2D eigenvalue weighted by Crippen LogP contribution is 2.30. The van der Waals surface area contributed by atoms with Gasteiger partial charge in [-0.3, -0.25) is 0 Å². The number of ether oxygens (including phenoxy) is 2. The normalized spacial score (nSPS) is 16.1. The average molecular weight is 346 g/mol. The molecule has 2 aromatic rings. The molecule has 1 saturated heterocycles. The number of epoxide rings is 1. The van der Waals surface area contributed by atoms with Crippen LogP contribution in [0, 0.1) is 5.41 Å². The fraction of sp³-hybridized carbons (Fsp3) is 0.333. The first-order valence-corrected chi connectivity index (χ1v) is 8.27. The number of anilines is 1. The lowest BCUT2D eigenvalue weighted by Gasteiger charge is -2.15. The molecular weight excluding hydrogens is 326 g/mol. The molecule has 0 spiro atoms. The van der Waals surface area contributed by atoms with Gasteiger partial charge in [0, 0.05) is 17.8 Å². The first-order valence-electron chi connectivity index (χ1n) is 7.89. The van der Waals surface area contributed by atoms with Gasteiger partial charge in [0.2, 0.25) is 0 Å². The summed E-state index contributed by atoms with van der Waals surface area (Å²) in [7, 11) is 0. The molecule has 1 aliphatic heterocycles. The molecule has 6 heteroatoms. The molecule has 5 nitrogen and oxygen atoms in total. The van der Waals surface area contributed by atoms with E-state index in [1.54, 1.807) is 6.07 Å². The molecule has 2 heterocycles. The number of halogens is 1. The summed E-state index contributed by atoms with van der Waals surface area (Å²) in [6.07, 6.45) is 1.44. The number of nitrogens with zero attached hydrogens (tertiary/aromatic N) is 1. The fourth-order valence-corrected chi connectivity index (χ4v) is 2.54. The third-order valence-corrected chi connectivity index (χ3v) is 3.86. The lowest BCUT2D eigenvalue weighted by atomic mass is 10.1. The highest BCUT2D eigenvalue weighted by molar-refractivity contribution is 6.33. The number of rotatable bonds is 7. The molecule has 24 heavy (non-hydrogen) atoms. The van der Waals surface area contributed by atoms with Gasteiger partial charge in [-0.05, 0) is 32.0 Å². The first kappa shape index (κ1) is 16.7. The molecule has 1 fully saturated rings. The second kappa shape index (κ2) is 7.20. The van der Waals surface area contributed by atoms with Crippen LogP contribution in [0.1, 0.15) is 19.4 Å². The quantitative estimate of drug-likeness (QED) is 0.588. The second-order valence-electron chi connectivity index (χ2n) is 5.99. The van der Waals surface area contributed by atoms with Crippen molar-refractivity contribution in [2.45, 2.75) is 26.0 Å². The summed E-state index contributed by atoms with van der Waals surface area (Å²) in [5.74, 6) is 1.38. The van der Waals surface area contributed by atoms with E-state index < -0.39 is 0 Å². The summed E-state index contributed by atoms with van der Waals surface area (Å²) in [4.78, 5) is 4.64. The third kappa shape index (κ3) is 4.04. The zero-order chi connectivity index (χ0) is 17.1. The summed E-state index contributed by atoms with van der Waals surface area (Å²) in [6.45, 7) is 5.37. The molecule has 1 atom stereocenters. The van der Waals surface area contributed by atoms with Gasteiger partial charge in [-0.15, -0.1) is 0 Å². The van der Waals surface area contributed by atoms with Crippen molar-refractivity contribution in [3.8, 4) is 17.0 Å².